The van der Waals surface area contributed by atoms with Crippen LogP contribution in [0.1, 0.15) is 29.0 Å². The molecule has 0 radical (unpaired) electrons. The van der Waals surface area contributed by atoms with Gasteiger partial charge in [-0.05, 0) is 48.6 Å². The van der Waals surface area contributed by atoms with Crippen LogP contribution in [0.15, 0.2) is 69.0 Å². The maximum Gasteiger partial charge on any atom is 0.198 e. The molecule has 0 spiro atoms. The summed E-state index contributed by atoms with van der Waals surface area (Å²) in [6.07, 6.45) is 6.78. The van der Waals surface area contributed by atoms with Gasteiger partial charge >= 0.3 is 0 Å². The summed E-state index contributed by atoms with van der Waals surface area (Å²) in [6.45, 7) is 0. The molecule has 1 aliphatic heterocycles. The topological polar surface area (TPSA) is 47.3 Å². The molecule has 0 N–H and O–H groups in total. The lowest BCUT2D eigenvalue weighted by molar-refractivity contribution is -0.111. The number of furan rings is 1. The first-order chi connectivity index (χ1) is 12.3. The summed E-state index contributed by atoms with van der Waals surface area (Å²) >= 11 is 3.22. The van der Waals surface area contributed by atoms with E-state index in [4.69, 9.17) is 4.42 Å². The molecule has 2 heterocycles. The smallest absolute Gasteiger partial charge is 0.198 e. The Morgan fingerprint density at radius 2 is 1.68 bits per heavy atom. The fourth-order valence-corrected chi connectivity index (χ4v) is 4.96. The van der Waals surface area contributed by atoms with E-state index in [0.717, 1.165) is 28.6 Å². The van der Waals surface area contributed by atoms with Gasteiger partial charge in [-0.1, -0.05) is 30.3 Å². The molecule has 0 amide bonds. The molecular formula is C20H18O3S2. The molecule has 3 rings (SSSR count). The van der Waals surface area contributed by atoms with Gasteiger partial charge in [0.1, 0.15) is 5.76 Å². The normalized spacial score (nSPS) is 15.1. The second-order valence-corrected chi connectivity index (χ2v) is 7.94. The number of ketones is 2. The van der Waals surface area contributed by atoms with Crippen molar-refractivity contribution in [3.05, 3.63) is 75.9 Å². The van der Waals surface area contributed by atoms with Gasteiger partial charge in [-0.2, -0.15) is 0 Å². The lowest BCUT2D eigenvalue weighted by atomic mass is 10.0. The highest BCUT2D eigenvalue weighted by Crippen LogP contribution is 2.37. The number of rotatable bonds is 5. The van der Waals surface area contributed by atoms with Gasteiger partial charge in [0.05, 0.1) is 16.1 Å². The first kappa shape index (κ1) is 17.8. The minimum Gasteiger partial charge on any atom is -0.465 e. The Kier molecular flexibility index (Phi) is 6.36. The van der Waals surface area contributed by atoms with Gasteiger partial charge < -0.3 is 4.42 Å². The summed E-state index contributed by atoms with van der Waals surface area (Å²) in [5.74, 6) is 1.96. The molecule has 128 valence electrons. The number of allylic oxidation sites excluding steroid dienone is 2. The third kappa shape index (κ3) is 4.77. The maximum atomic E-state index is 13.0. The first-order valence-corrected chi connectivity index (χ1v) is 10.1. The molecule has 0 unspecified atom stereocenters. The third-order valence-electron chi connectivity index (χ3n) is 3.66. The van der Waals surface area contributed by atoms with Crippen molar-refractivity contribution in [3.8, 4) is 0 Å². The quantitative estimate of drug-likeness (QED) is 0.313. The zero-order chi connectivity index (χ0) is 17.5. The Balaban J connectivity index is 1.95. The Labute approximate surface area is 155 Å². The number of benzene rings is 1. The monoisotopic (exact) mass is 370 g/mol. The van der Waals surface area contributed by atoms with Gasteiger partial charge in [0.15, 0.2) is 11.6 Å². The summed E-state index contributed by atoms with van der Waals surface area (Å²) in [4.78, 5) is 25.8. The Bertz CT molecular complexity index is 780. The highest BCUT2D eigenvalue weighted by atomic mass is 32.2. The number of carbonyl (C=O) groups is 2. The Morgan fingerprint density at radius 3 is 2.32 bits per heavy atom. The van der Waals surface area contributed by atoms with Crippen molar-refractivity contribution >= 4 is 41.2 Å². The molecule has 1 saturated heterocycles. The lowest BCUT2D eigenvalue weighted by Gasteiger charge is -2.10. The fourth-order valence-electron chi connectivity index (χ4n) is 2.39. The van der Waals surface area contributed by atoms with Gasteiger partial charge in [-0.25, -0.2) is 0 Å². The number of thioether (sulfide) groups is 2. The first-order valence-electron chi connectivity index (χ1n) is 8.11. The van der Waals surface area contributed by atoms with Crippen molar-refractivity contribution in [3.63, 3.8) is 0 Å². The second kappa shape index (κ2) is 8.92. The highest BCUT2D eigenvalue weighted by Gasteiger charge is 2.24. The molecule has 1 aromatic carbocycles. The van der Waals surface area contributed by atoms with Crippen LogP contribution in [0.2, 0.25) is 0 Å². The number of Topliss-reactive ketones (excluding diaryl/α,β-unsaturated/α-hetero) is 1. The molecule has 0 atom stereocenters. The van der Waals surface area contributed by atoms with E-state index in [0.29, 0.717) is 11.3 Å². The molecule has 2 aromatic rings. The minimum absolute atomic E-state index is 0.216. The fraction of sp³-hybridized carbons (Fsp3) is 0.200. The average molecular weight is 370 g/mol. The molecule has 1 fully saturated rings. The molecule has 3 nitrogen and oxygen atoms in total. The van der Waals surface area contributed by atoms with Gasteiger partial charge in [0.2, 0.25) is 0 Å². The number of carbonyl (C=O) groups excluding carboxylic acids is 2. The molecule has 0 bridgehead atoms. The Hall–Kier alpha value is -1.98. The van der Waals surface area contributed by atoms with Crippen LogP contribution in [-0.4, -0.2) is 23.1 Å². The van der Waals surface area contributed by atoms with Gasteiger partial charge in [-0.3, -0.25) is 9.59 Å². The van der Waals surface area contributed by atoms with E-state index < -0.39 is 0 Å². The molecule has 5 heteroatoms. The minimum atomic E-state index is -0.276. The maximum absolute atomic E-state index is 13.0. The van der Waals surface area contributed by atoms with Gasteiger partial charge in [0, 0.05) is 5.56 Å². The van der Waals surface area contributed by atoms with Gasteiger partial charge in [-0.15, -0.1) is 23.5 Å². The second-order valence-electron chi connectivity index (χ2n) is 5.47. The number of hydrogen-bond acceptors (Lipinski definition) is 5. The average Bonchev–Trinajstić information content (AvgIpc) is 3.03. The van der Waals surface area contributed by atoms with Crippen LogP contribution in [0.25, 0.3) is 6.08 Å². The number of hydrogen-bond donors (Lipinski definition) is 0. The molecule has 25 heavy (non-hydrogen) atoms. The van der Waals surface area contributed by atoms with E-state index in [1.165, 1.54) is 6.08 Å². The van der Waals surface area contributed by atoms with Crippen molar-refractivity contribution in [1.29, 1.82) is 0 Å². The van der Waals surface area contributed by atoms with Gasteiger partial charge in [0.25, 0.3) is 0 Å². The standard InChI is InChI=1S/C20H18O3S2/c21-17(11-10-16-9-6-12-23-16)18(20-24-13-4-5-14-25-20)19(22)15-7-2-1-3-8-15/h1-3,6-12H,4-5,13-14H2. The zero-order valence-electron chi connectivity index (χ0n) is 13.6. The van der Waals surface area contributed by atoms with E-state index in [-0.39, 0.29) is 17.1 Å². The molecule has 1 aliphatic rings. The van der Waals surface area contributed by atoms with Crippen LogP contribution in [0.4, 0.5) is 0 Å². The summed E-state index contributed by atoms with van der Waals surface area (Å²) in [7, 11) is 0. The third-order valence-corrected chi connectivity index (χ3v) is 6.29. The lowest BCUT2D eigenvalue weighted by Crippen LogP contribution is -2.13. The molecule has 1 aromatic heterocycles. The summed E-state index contributed by atoms with van der Waals surface area (Å²) in [6, 6.07) is 12.5. The van der Waals surface area contributed by atoms with Crippen LogP contribution in [0.3, 0.4) is 0 Å². The van der Waals surface area contributed by atoms with Crippen LogP contribution < -0.4 is 0 Å². The van der Waals surface area contributed by atoms with E-state index >= 15 is 0 Å². The van der Waals surface area contributed by atoms with Crippen molar-refractivity contribution in [1.82, 2.24) is 0 Å². The molecule has 0 saturated carbocycles. The summed E-state index contributed by atoms with van der Waals surface area (Å²) < 4.78 is 6.06. The van der Waals surface area contributed by atoms with Crippen LogP contribution >= 0.6 is 23.5 Å². The van der Waals surface area contributed by atoms with Crippen molar-refractivity contribution in [2.45, 2.75) is 12.8 Å². The zero-order valence-corrected chi connectivity index (χ0v) is 15.3. The van der Waals surface area contributed by atoms with E-state index in [2.05, 4.69) is 0 Å². The van der Waals surface area contributed by atoms with Crippen LogP contribution in [0, 0.1) is 0 Å². The van der Waals surface area contributed by atoms with E-state index in [9.17, 15) is 9.59 Å². The van der Waals surface area contributed by atoms with Crippen LogP contribution in [-0.2, 0) is 4.79 Å². The Morgan fingerprint density at radius 1 is 0.960 bits per heavy atom. The molecule has 0 aliphatic carbocycles. The van der Waals surface area contributed by atoms with Crippen molar-refractivity contribution < 1.29 is 14.0 Å². The van der Waals surface area contributed by atoms with Crippen molar-refractivity contribution in [2.24, 2.45) is 0 Å². The predicted molar refractivity (Wildman–Crippen MR) is 105 cm³/mol. The van der Waals surface area contributed by atoms with E-state index in [1.807, 2.05) is 18.2 Å². The summed E-state index contributed by atoms with van der Waals surface area (Å²) in [5, 5.41) is 0. The largest absolute Gasteiger partial charge is 0.465 e. The van der Waals surface area contributed by atoms with Crippen LogP contribution in [0.5, 0.6) is 0 Å². The SMILES string of the molecule is O=C(C=Cc1ccco1)C(C(=O)c1ccccc1)=C1SCCCCS1. The molecular weight excluding hydrogens is 352 g/mol. The van der Waals surface area contributed by atoms with E-state index in [1.54, 1.807) is 60.1 Å². The predicted octanol–water partition coefficient (Wildman–Crippen LogP) is 5.22. The highest BCUT2D eigenvalue weighted by molar-refractivity contribution is 8.22. The van der Waals surface area contributed by atoms with Crippen molar-refractivity contribution in [2.75, 3.05) is 11.5 Å². The summed E-state index contributed by atoms with van der Waals surface area (Å²) in [5.41, 5.74) is 0.807.